The minimum atomic E-state index is 0.720. The Morgan fingerprint density at radius 1 is 0.947 bits per heavy atom. The summed E-state index contributed by atoms with van der Waals surface area (Å²) in [5.41, 5.74) is 2.70. The van der Waals surface area contributed by atoms with Crippen molar-refractivity contribution in [3.63, 3.8) is 0 Å². The van der Waals surface area contributed by atoms with Gasteiger partial charge >= 0.3 is 0 Å². The van der Waals surface area contributed by atoms with Crippen LogP contribution >= 0.6 is 11.6 Å². The Labute approximate surface area is 118 Å². The van der Waals surface area contributed by atoms with Gasteiger partial charge in [0.05, 0.1) is 0 Å². The average Bonchev–Trinajstić information content (AvgIpc) is 2.96. The molecule has 0 saturated heterocycles. The van der Waals surface area contributed by atoms with Gasteiger partial charge in [-0.05, 0) is 66.8 Å². The molecule has 0 N–H and O–H groups in total. The molecule has 1 nitrogen and oxygen atoms in total. The maximum atomic E-state index is 5.86. The zero-order valence-electron chi connectivity index (χ0n) is 10.6. The SMILES string of the molecule is Clc1ccc(Oc2cccc(C3=CCCC3)c2)cc1. The van der Waals surface area contributed by atoms with Gasteiger partial charge in [0.25, 0.3) is 0 Å². The molecule has 0 heterocycles. The molecule has 0 fully saturated rings. The first kappa shape index (κ1) is 12.3. The summed E-state index contributed by atoms with van der Waals surface area (Å²) in [6.45, 7) is 0. The van der Waals surface area contributed by atoms with Crippen molar-refractivity contribution in [2.45, 2.75) is 19.3 Å². The van der Waals surface area contributed by atoms with E-state index in [2.05, 4.69) is 18.2 Å². The van der Waals surface area contributed by atoms with E-state index in [1.807, 2.05) is 36.4 Å². The molecule has 1 aliphatic rings. The molecule has 0 atom stereocenters. The number of halogens is 1. The fourth-order valence-corrected chi connectivity index (χ4v) is 2.46. The van der Waals surface area contributed by atoms with Crippen LogP contribution in [0.3, 0.4) is 0 Å². The fourth-order valence-electron chi connectivity index (χ4n) is 2.33. The molecule has 2 heteroatoms. The molecule has 0 spiro atoms. The van der Waals surface area contributed by atoms with E-state index in [9.17, 15) is 0 Å². The van der Waals surface area contributed by atoms with Gasteiger partial charge in [-0.3, -0.25) is 0 Å². The molecule has 0 unspecified atom stereocenters. The number of rotatable bonds is 3. The van der Waals surface area contributed by atoms with Gasteiger partial charge in [-0.1, -0.05) is 29.8 Å². The summed E-state index contributed by atoms with van der Waals surface area (Å²) >= 11 is 5.86. The molecule has 96 valence electrons. The van der Waals surface area contributed by atoms with Crippen molar-refractivity contribution >= 4 is 17.2 Å². The number of benzene rings is 2. The first-order valence-corrected chi connectivity index (χ1v) is 6.92. The highest BCUT2D eigenvalue weighted by atomic mass is 35.5. The largest absolute Gasteiger partial charge is 0.457 e. The molecule has 3 rings (SSSR count). The van der Waals surface area contributed by atoms with Crippen molar-refractivity contribution in [3.8, 4) is 11.5 Å². The minimum Gasteiger partial charge on any atom is -0.457 e. The molecule has 0 amide bonds. The van der Waals surface area contributed by atoms with E-state index in [0.717, 1.165) is 16.5 Å². The lowest BCUT2D eigenvalue weighted by molar-refractivity contribution is 0.482. The van der Waals surface area contributed by atoms with Crippen LogP contribution in [-0.4, -0.2) is 0 Å². The highest BCUT2D eigenvalue weighted by molar-refractivity contribution is 6.30. The molecule has 0 aliphatic heterocycles. The van der Waals surface area contributed by atoms with Gasteiger partial charge in [0.15, 0.2) is 0 Å². The maximum absolute atomic E-state index is 5.86. The zero-order chi connectivity index (χ0) is 13.1. The summed E-state index contributed by atoms with van der Waals surface area (Å²) in [5.74, 6) is 1.68. The summed E-state index contributed by atoms with van der Waals surface area (Å²) in [6.07, 6.45) is 5.95. The van der Waals surface area contributed by atoms with E-state index < -0.39 is 0 Å². The Balaban J connectivity index is 1.81. The van der Waals surface area contributed by atoms with Crippen molar-refractivity contribution in [2.75, 3.05) is 0 Å². The smallest absolute Gasteiger partial charge is 0.128 e. The van der Waals surface area contributed by atoms with Crippen LogP contribution in [0.15, 0.2) is 54.6 Å². The van der Waals surface area contributed by atoms with E-state index in [1.165, 1.54) is 30.4 Å². The van der Waals surface area contributed by atoms with Crippen LogP contribution in [0, 0.1) is 0 Å². The molecule has 2 aromatic carbocycles. The summed E-state index contributed by atoms with van der Waals surface area (Å²) in [4.78, 5) is 0. The van der Waals surface area contributed by atoms with Crippen LogP contribution in [-0.2, 0) is 0 Å². The molecule has 0 aromatic heterocycles. The van der Waals surface area contributed by atoms with Gasteiger partial charge in [0.2, 0.25) is 0 Å². The summed E-state index contributed by atoms with van der Waals surface area (Å²) in [5, 5.41) is 0.720. The monoisotopic (exact) mass is 270 g/mol. The van der Waals surface area contributed by atoms with Gasteiger partial charge in [-0.2, -0.15) is 0 Å². The molecule has 0 bridgehead atoms. The first-order chi connectivity index (χ1) is 9.31. The van der Waals surface area contributed by atoms with Crippen LogP contribution in [0.1, 0.15) is 24.8 Å². The van der Waals surface area contributed by atoms with Crippen LogP contribution < -0.4 is 4.74 Å². The number of ether oxygens (including phenoxy) is 1. The summed E-state index contributed by atoms with van der Waals surface area (Å²) in [7, 11) is 0. The Morgan fingerprint density at radius 2 is 1.79 bits per heavy atom. The Kier molecular flexibility index (Phi) is 3.56. The van der Waals surface area contributed by atoms with Gasteiger partial charge in [0.1, 0.15) is 11.5 Å². The van der Waals surface area contributed by atoms with Gasteiger partial charge in [0, 0.05) is 5.02 Å². The Morgan fingerprint density at radius 3 is 2.53 bits per heavy atom. The number of allylic oxidation sites excluding steroid dienone is 2. The van der Waals surface area contributed by atoms with Crippen molar-refractivity contribution < 1.29 is 4.74 Å². The third-order valence-corrected chi connectivity index (χ3v) is 3.55. The zero-order valence-corrected chi connectivity index (χ0v) is 11.4. The van der Waals surface area contributed by atoms with E-state index in [0.29, 0.717) is 0 Å². The highest BCUT2D eigenvalue weighted by Gasteiger charge is 2.08. The lowest BCUT2D eigenvalue weighted by Gasteiger charge is -2.08. The van der Waals surface area contributed by atoms with E-state index >= 15 is 0 Å². The predicted octanol–water partition coefficient (Wildman–Crippen LogP) is 5.70. The van der Waals surface area contributed by atoms with Gasteiger partial charge in [-0.25, -0.2) is 0 Å². The molecular weight excluding hydrogens is 256 g/mol. The van der Waals surface area contributed by atoms with Gasteiger partial charge in [-0.15, -0.1) is 0 Å². The van der Waals surface area contributed by atoms with Crippen molar-refractivity contribution in [3.05, 3.63) is 65.2 Å². The first-order valence-electron chi connectivity index (χ1n) is 6.54. The standard InChI is InChI=1S/C17H15ClO/c18-15-8-10-16(11-9-15)19-17-7-3-6-14(12-17)13-4-1-2-5-13/h3-4,6-12H,1-2,5H2. The number of hydrogen-bond acceptors (Lipinski definition) is 1. The molecule has 0 saturated carbocycles. The number of hydrogen-bond donors (Lipinski definition) is 0. The van der Waals surface area contributed by atoms with Crippen molar-refractivity contribution in [2.24, 2.45) is 0 Å². The highest BCUT2D eigenvalue weighted by Crippen LogP contribution is 2.31. The van der Waals surface area contributed by atoms with Crippen molar-refractivity contribution in [1.29, 1.82) is 0 Å². The summed E-state index contributed by atoms with van der Waals surface area (Å²) in [6, 6.07) is 15.7. The van der Waals surface area contributed by atoms with E-state index in [-0.39, 0.29) is 0 Å². The average molecular weight is 271 g/mol. The predicted molar refractivity (Wildman–Crippen MR) is 79.8 cm³/mol. The third-order valence-electron chi connectivity index (χ3n) is 3.30. The quantitative estimate of drug-likeness (QED) is 0.695. The molecule has 2 aromatic rings. The molecule has 1 aliphatic carbocycles. The lowest BCUT2D eigenvalue weighted by atomic mass is 10.1. The molecule has 0 radical (unpaired) electrons. The van der Waals surface area contributed by atoms with Crippen LogP contribution in [0.25, 0.3) is 5.57 Å². The van der Waals surface area contributed by atoms with Gasteiger partial charge < -0.3 is 4.74 Å². The molecule has 19 heavy (non-hydrogen) atoms. The second-order valence-corrected chi connectivity index (χ2v) is 5.14. The second kappa shape index (κ2) is 5.50. The Bertz CT molecular complexity index is 599. The minimum absolute atomic E-state index is 0.720. The normalized spacial score (nSPS) is 14.3. The third kappa shape index (κ3) is 2.99. The van der Waals surface area contributed by atoms with Crippen molar-refractivity contribution in [1.82, 2.24) is 0 Å². The lowest BCUT2D eigenvalue weighted by Crippen LogP contribution is -1.86. The molecular formula is C17H15ClO. The van der Waals surface area contributed by atoms with Crippen LogP contribution in [0.5, 0.6) is 11.5 Å². The summed E-state index contributed by atoms with van der Waals surface area (Å²) < 4.78 is 5.85. The topological polar surface area (TPSA) is 9.23 Å². The second-order valence-electron chi connectivity index (χ2n) is 4.71. The van der Waals surface area contributed by atoms with E-state index in [4.69, 9.17) is 16.3 Å². The Hall–Kier alpha value is -1.73. The van der Waals surface area contributed by atoms with E-state index in [1.54, 1.807) is 0 Å². The van der Waals surface area contributed by atoms with Crippen LogP contribution in [0.2, 0.25) is 5.02 Å². The maximum Gasteiger partial charge on any atom is 0.128 e. The van der Waals surface area contributed by atoms with Crippen LogP contribution in [0.4, 0.5) is 0 Å². The fraction of sp³-hybridized carbons (Fsp3) is 0.176.